The fourth-order valence-electron chi connectivity index (χ4n) is 2.55. The van der Waals surface area contributed by atoms with Gasteiger partial charge in [0, 0.05) is 18.5 Å². The molecule has 0 aromatic heterocycles. The fourth-order valence-corrected chi connectivity index (χ4v) is 2.55. The molecule has 0 saturated carbocycles. The molecule has 2 fully saturated rings. The van der Waals surface area contributed by atoms with E-state index in [1.54, 1.807) is 0 Å². The average molecular weight is 183 g/mol. The lowest BCUT2D eigenvalue weighted by atomic mass is 9.99. The van der Waals surface area contributed by atoms with E-state index in [1.807, 2.05) is 0 Å². The molecule has 2 saturated heterocycles. The van der Waals surface area contributed by atoms with Gasteiger partial charge in [-0.2, -0.15) is 0 Å². The van der Waals surface area contributed by atoms with Crippen LogP contribution in [0.25, 0.3) is 0 Å². The number of oxime groups is 1. The van der Waals surface area contributed by atoms with Crippen molar-refractivity contribution in [2.24, 2.45) is 16.8 Å². The first-order valence-electron chi connectivity index (χ1n) is 5.02. The van der Waals surface area contributed by atoms with Gasteiger partial charge in [-0.25, -0.2) is 0 Å². The molecular formula is C9H17N3O. The van der Waals surface area contributed by atoms with Crippen molar-refractivity contribution in [2.45, 2.75) is 31.7 Å². The molecule has 0 spiro atoms. The Hall–Kier alpha value is -0.770. The molecule has 2 atom stereocenters. The normalized spacial score (nSPS) is 36.2. The first-order valence-corrected chi connectivity index (χ1v) is 5.02. The second kappa shape index (κ2) is 3.54. The van der Waals surface area contributed by atoms with Gasteiger partial charge in [0.2, 0.25) is 0 Å². The van der Waals surface area contributed by atoms with Crippen molar-refractivity contribution in [1.82, 2.24) is 4.90 Å². The van der Waals surface area contributed by atoms with E-state index in [4.69, 9.17) is 10.9 Å². The molecule has 2 heterocycles. The van der Waals surface area contributed by atoms with E-state index < -0.39 is 0 Å². The van der Waals surface area contributed by atoms with Gasteiger partial charge in [-0.15, -0.1) is 0 Å². The van der Waals surface area contributed by atoms with Crippen LogP contribution in [-0.2, 0) is 0 Å². The predicted molar refractivity (Wildman–Crippen MR) is 50.7 cm³/mol. The summed E-state index contributed by atoms with van der Waals surface area (Å²) in [6, 6.07) is 0.694. The molecule has 2 aliphatic rings. The van der Waals surface area contributed by atoms with Gasteiger partial charge in [0.05, 0.1) is 0 Å². The summed E-state index contributed by atoms with van der Waals surface area (Å²) in [5.74, 6) is 0.697. The van der Waals surface area contributed by atoms with Gasteiger partial charge in [-0.05, 0) is 25.8 Å². The molecule has 2 unspecified atom stereocenters. The van der Waals surface area contributed by atoms with E-state index in [-0.39, 0.29) is 5.92 Å². The SMILES string of the molecule is N/C(=N\O)C1CC2CCCCN2C1. The molecular weight excluding hydrogens is 166 g/mol. The van der Waals surface area contributed by atoms with Gasteiger partial charge in [0.15, 0.2) is 0 Å². The Morgan fingerprint density at radius 2 is 2.31 bits per heavy atom. The third kappa shape index (κ3) is 1.63. The third-order valence-electron chi connectivity index (χ3n) is 3.29. The quantitative estimate of drug-likeness (QED) is 0.271. The maximum absolute atomic E-state index is 8.57. The summed E-state index contributed by atoms with van der Waals surface area (Å²) >= 11 is 0. The number of amidine groups is 1. The van der Waals surface area contributed by atoms with E-state index >= 15 is 0 Å². The topological polar surface area (TPSA) is 61.9 Å². The number of piperidine rings is 1. The lowest BCUT2D eigenvalue weighted by Gasteiger charge is -2.28. The van der Waals surface area contributed by atoms with Crippen LogP contribution in [0.3, 0.4) is 0 Å². The highest BCUT2D eigenvalue weighted by Crippen LogP contribution is 2.30. The van der Waals surface area contributed by atoms with Crippen molar-refractivity contribution in [3.05, 3.63) is 0 Å². The first-order chi connectivity index (χ1) is 6.31. The summed E-state index contributed by atoms with van der Waals surface area (Å²) in [4.78, 5) is 2.48. The molecule has 0 radical (unpaired) electrons. The fraction of sp³-hybridized carbons (Fsp3) is 0.889. The monoisotopic (exact) mass is 183 g/mol. The van der Waals surface area contributed by atoms with Gasteiger partial charge in [0.25, 0.3) is 0 Å². The van der Waals surface area contributed by atoms with Gasteiger partial charge in [-0.1, -0.05) is 11.6 Å². The molecule has 0 aliphatic carbocycles. The minimum absolute atomic E-state index is 0.285. The van der Waals surface area contributed by atoms with Crippen LogP contribution in [0, 0.1) is 5.92 Å². The summed E-state index contributed by atoms with van der Waals surface area (Å²) in [5, 5.41) is 11.7. The Bertz CT molecular complexity index is 203. The number of hydrogen-bond donors (Lipinski definition) is 2. The molecule has 0 bridgehead atoms. The van der Waals surface area contributed by atoms with Crippen molar-refractivity contribution >= 4 is 5.84 Å². The van der Waals surface area contributed by atoms with Crippen LogP contribution >= 0.6 is 0 Å². The van der Waals surface area contributed by atoms with Gasteiger partial charge in [-0.3, -0.25) is 4.90 Å². The Morgan fingerprint density at radius 1 is 1.46 bits per heavy atom. The highest BCUT2D eigenvalue weighted by molar-refractivity contribution is 5.82. The van der Waals surface area contributed by atoms with E-state index in [9.17, 15) is 0 Å². The predicted octanol–water partition coefficient (Wildman–Crippen LogP) is 0.607. The Kier molecular flexibility index (Phi) is 2.40. The molecule has 2 aliphatic heterocycles. The molecule has 0 aromatic rings. The highest BCUT2D eigenvalue weighted by atomic mass is 16.4. The van der Waals surface area contributed by atoms with Crippen LogP contribution in [0.15, 0.2) is 5.16 Å². The van der Waals surface area contributed by atoms with Gasteiger partial charge >= 0.3 is 0 Å². The second-order valence-corrected chi connectivity index (χ2v) is 4.10. The highest BCUT2D eigenvalue weighted by Gasteiger charge is 2.35. The second-order valence-electron chi connectivity index (χ2n) is 4.10. The minimum atomic E-state index is 0.285. The molecule has 0 aromatic carbocycles. The van der Waals surface area contributed by atoms with E-state index in [0.29, 0.717) is 11.9 Å². The standard InChI is InChI=1S/C9H17N3O/c10-9(11-13)7-5-8-3-1-2-4-12(8)6-7/h7-8,13H,1-6H2,(H2,10,11). The minimum Gasteiger partial charge on any atom is -0.409 e. The summed E-state index contributed by atoms with van der Waals surface area (Å²) in [6.07, 6.45) is 5.01. The molecule has 3 N–H and O–H groups in total. The van der Waals surface area contributed by atoms with E-state index in [0.717, 1.165) is 13.0 Å². The van der Waals surface area contributed by atoms with Crippen LogP contribution in [0.4, 0.5) is 0 Å². The zero-order valence-corrected chi connectivity index (χ0v) is 7.82. The van der Waals surface area contributed by atoms with Crippen LogP contribution in [0.2, 0.25) is 0 Å². The van der Waals surface area contributed by atoms with Crippen molar-refractivity contribution < 1.29 is 5.21 Å². The van der Waals surface area contributed by atoms with Crippen molar-refractivity contribution in [3.63, 3.8) is 0 Å². The van der Waals surface area contributed by atoms with Gasteiger partial charge in [0.1, 0.15) is 5.84 Å². The number of nitrogens with zero attached hydrogens (tertiary/aromatic N) is 2. The van der Waals surface area contributed by atoms with E-state index in [2.05, 4.69) is 10.1 Å². The summed E-state index contributed by atoms with van der Waals surface area (Å²) in [7, 11) is 0. The zero-order valence-electron chi connectivity index (χ0n) is 7.82. The van der Waals surface area contributed by atoms with Gasteiger partial charge < -0.3 is 10.9 Å². The third-order valence-corrected chi connectivity index (χ3v) is 3.29. The zero-order chi connectivity index (χ0) is 9.26. The number of hydrogen-bond acceptors (Lipinski definition) is 3. The van der Waals surface area contributed by atoms with Crippen LogP contribution in [0.5, 0.6) is 0 Å². The maximum Gasteiger partial charge on any atom is 0.143 e. The van der Waals surface area contributed by atoms with Crippen molar-refractivity contribution in [2.75, 3.05) is 13.1 Å². The van der Waals surface area contributed by atoms with Crippen molar-refractivity contribution in [1.29, 1.82) is 0 Å². The molecule has 13 heavy (non-hydrogen) atoms. The number of rotatable bonds is 1. The average Bonchev–Trinajstić information content (AvgIpc) is 2.59. The molecule has 74 valence electrons. The first kappa shape index (κ1) is 8.81. The van der Waals surface area contributed by atoms with Crippen LogP contribution < -0.4 is 5.73 Å². The smallest absolute Gasteiger partial charge is 0.143 e. The Labute approximate surface area is 78.4 Å². The maximum atomic E-state index is 8.57. The van der Waals surface area contributed by atoms with E-state index in [1.165, 1.54) is 25.8 Å². The number of nitrogens with two attached hydrogens (primary N) is 1. The summed E-state index contributed by atoms with van der Waals surface area (Å²) in [6.45, 7) is 2.18. The molecule has 4 heteroatoms. The Morgan fingerprint density at radius 3 is 3.00 bits per heavy atom. The summed E-state index contributed by atoms with van der Waals surface area (Å²) < 4.78 is 0. The van der Waals surface area contributed by atoms with Crippen LogP contribution in [-0.4, -0.2) is 35.1 Å². The lowest BCUT2D eigenvalue weighted by molar-refractivity contribution is 0.197. The van der Waals surface area contributed by atoms with Crippen molar-refractivity contribution in [3.8, 4) is 0 Å². The molecule has 2 rings (SSSR count). The largest absolute Gasteiger partial charge is 0.409 e. The summed E-state index contributed by atoms with van der Waals surface area (Å²) in [5.41, 5.74) is 5.61. The Balaban J connectivity index is 1.98. The molecule has 4 nitrogen and oxygen atoms in total. The lowest BCUT2D eigenvalue weighted by Crippen LogP contribution is -2.34. The number of fused-ring (bicyclic) bond motifs is 1. The molecule has 0 amide bonds. The van der Waals surface area contributed by atoms with Crippen LogP contribution in [0.1, 0.15) is 25.7 Å².